The van der Waals surface area contributed by atoms with Gasteiger partial charge in [-0.05, 0) is 28.8 Å². The van der Waals surface area contributed by atoms with Crippen LogP contribution in [-0.4, -0.2) is 13.3 Å². The van der Waals surface area contributed by atoms with Crippen LogP contribution in [0.15, 0.2) is 21.0 Å². The van der Waals surface area contributed by atoms with Crippen LogP contribution in [0.4, 0.5) is 10.7 Å². The van der Waals surface area contributed by atoms with Crippen molar-refractivity contribution in [2.45, 2.75) is 17.7 Å². The Bertz CT molecular complexity index is 765. The van der Waals surface area contributed by atoms with Crippen molar-refractivity contribution in [3.63, 3.8) is 0 Å². The van der Waals surface area contributed by atoms with Crippen molar-refractivity contribution in [2.24, 2.45) is 5.84 Å². The molecule has 8 nitrogen and oxygen atoms in total. The molecule has 0 radical (unpaired) electrons. The summed E-state index contributed by atoms with van der Waals surface area (Å²) in [5, 5.41) is 14.6. The van der Waals surface area contributed by atoms with E-state index in [1.807, 2.05) is 17.7 Å². The normalized spacial score (nSPS) is 11.5. The number of rotatable bonds is 6. The molecule has 0 aromatic carbocycles. The van der Waals surface area contributed by atoms with Gasteiger partial charge in [-0.2, -0.15) is 11.3 Å². The zero-order valence-corrected chi connectivity index (χ0v) is 13.3. The smallest absolute Gasteiger partial charge is 0.306 e. The van der Waals surface area contributed by atoms with Crippen LogP contribution < -0.4 is 16.0 Å². The molecule has 2 aromatic heterocycles. The van der Waals surface area contributed by atoms with Crippen molar-refractivity contribution in [2.75, 3.05) is 5.43 Å². The van der Waals surface area contributed by atoms with E-state index < -0.39 is 14.9 Å². The number of sulfonamides is 1. The first-order valence-electron chi connectivity index (χ1n) is 5.61. The van der Waals surface area contributed by atoms with Crippen molar-refractivity contribution in [3.8, 4) is 0 Å². The summed E-state index contributed by atoms with van der Waals surface area (Å²) in [4.78, 5) is 10.1. The summed E-state index contributed by atoms with van der Waals surface area (Å²) < 4.78 is 26.6. The number of hydrazine groups is 1. The molecule has 0 amide bonds. The van der Waals surface area contributed by atoms with Crippen molar-refractivity contribution < 1.29 is 13.3 Å². The van der Waals surface area contributed by atoms with Crippen molar-refractivity contribution in [1.82, 2.24) is 4.72 Å². The number of nitrogens with zero attached hydrogens (tertiary/aromatic N) is 1. The number of aryl methyl sites for hydroxylation is 1. The topological polar surface area (TPSA) is 127 Å². The van der Waals surface area contributed by atoms with Crippen molar-refractivity contribution >= 4 is 43.4 Å². The minimum Gasteiger partial charge on any atom is -0.310 e. The molecule has 0 aliphatic rings. The number of nitrogens with one attached hydrogen (secondary N) is 2. The molecule has 11 heteroatoms. The van der Waals surface area contributed by atoms with Gasteiger partial charge in [0.25, 0.3) is 10.0 Å². The SMILES string of the molecule is Cc1cscc1CNS(=O)(=O)c1cc([N+](=O)[O-])c(NN)s1. The van der Waals surface area contributed by atoms with Crippen LogP contribution in [0.2, 0.25) is 0 Å². The Balaban J connectivity index is 2.23. The maximum Gasteiger partial charge on any atom is 0.306 e. The fourth-order valence-electron chi connectivity index (χ4n) is 1.54. The van der Waals surface area contributed by atoms with E-state index >= 15 is 0 Å². The number of hydrogen-bond donors (Lipinski definition) is 3. The number of anilines is 1. The lowest BCUT2D eigenvalue weighted by Crippen LogP contribution is -2.22. The number of nitro groups is 1. The van der Waals surface area contributed by atoms with Gasteiger partial charge in [0.15, 0.2) is 5.00 Å². The van der Waals surface area contributed by atoms with E-state index in [1.54, 1.807) is 0 Å². The number of nitrogens with two attached hydrogens (primary N) is 1. The summed E-state index contributed by atoms with van der Waals surface area (Å²) in [7, 11) is -3.83. The van der Waals surface area contributed by atoms with Gasteiger partial charge in [0, 0.05) is 12.6 Å². The Kier molecular flexibility index (Phi) is 4.58. The maximum absolute atomic E-state index is 12.2. The molecule has 2 aromatic rings. The van der Waals surface area contributed by atoms with E-state index in [2.05, 4.69) is 10.1 Å². The maximum atomic E-state index is 12.2. The van der Waals surface area contributed by atoms with E-state index in [1.165, 1.54) is 11.3 Å². The molecular formula is C10H12N4O4S3. The van der Waals surface area contributed by atoms with Gasteiger partial charge in [-0.15, -0.1) is 0 Å². The van der Waals surface area contributed by atoms with E-state index in [4.69, 9.17) is 5.84 Å². The van der Waals surface area contributed by atoms with Crippen LogP contribution >= 0.6 is 22.7 Å². The van der Waals surface area contributed by atoms with Gasteiger partial charge in [-0.25, -0.2) is 19.0 Å². The summed E-state index contributed by atoms with van der Waals surface area (Å²) >= 11 is 2.19. The second-order valence-corrected chi connectivity index (χ2v) is 7.88. The third kappa shape index (κ3) is 3.39. The van der Waals surface area contributed by atoms with Crippen LogP contribution in [-0.2, 0) is 16.6 Å². The monoisotopic (exact) mass is 348 g/mol. The summed E-state index contributed by atoms with van der Waals surface area (Å²) in [5.41, 5.74) is 3.63. The van der Waals surface area contributed by atoms with Crippen molar-refractivity contribution in [3.05, 3.63) is 38.1 Å². The first kappa shape index (κ1) is 15.9. The quantitative estimate of drug-likeness (QED) is 0.415. The molecule has 2 rings (SSSR count). The molecule has 0 saturated carbocycles. The van der Waals surface area contributed by atoms with Gasteiger partial charge >= 0.3 is 5.69 Å². The second kappa shape index (κ2) is 6.07. The van der Waals surface area contributed by atoms with Crippen LogP contribution in [0.5, 0.6) is 0 Å². The molecule has 0 bridgehead atoms. The zero-order valence-electron chi connectivity index (χ0n) is 10.8. The summed E-state index contributed by atoms with van der Waals surface area (Å²) in [6.07, 6.45) is 0. The molecular weight excluding hydrogens is 336 g/mol. The third-order valence-electron chi connectivity index (χ3n) is 2.70. The minimum atomic E-state index is -3.83. The Morgan fingerprint density at radius 3 is 2.62 bits per heavy atom. The largest absolute Gasteiger partial charge is 0.310 e. The minimum absolute atomic E-state index is 0.00733. The Morgan fingerprint density at radius 1 is 1.43 bits per heavy atom. The molecule has 0 fully saturated rings. The van der Waals surface area contributed by atoms with Gasteiger partial charge in [0.2, 0.25) is 0 Å². The molecule has 0 saturated heterocycles. The van der Waals surface area contributed by atoms with Crippen LogP contribution in [0.3, 0.4) is 0 Å². The molecule has 0 spiro atoms. The number of nitrogen functional groups attached to an aromatic ring is 1. The van der Waals surface area contributed by atoms with Crippen LogP contribution in [0, 0.1) is 17.0 Å². The third-order valence-corrected chi connectivity index (χ3v) is 6.54. The zero-order chi connectivity index (χ0) is 15.6. The summed E-state index contributed by atoms with van der Waals surface area (Å²) in [5.74, 6) is 5.16. The van der Waals surface area contributed by atoms with Gasteiger partial charge < -0.3 is 5.43 Å². The summed E-state index contributed by atoms with van der Waals surface area (Å²) in [6.45, 7) is 2.02. The van der Waals surface area contributed by atoms with Crippen LogP contribution in [0.1, 0.15) is 11.1 Å². The van der Waals surface area contributed by atoms with E-state index in [0.29, 0.717) is 11.3 Å². The predicted molar refractivity (Wildman–Crippen MR) is 81.9 cm³/mol. The van der Waals surface area contributed by atoms with Gasteiger partial charge in [0.1, 0.15) is 4.21 Å². The fourth-order valence-corrected chi connectivity index (χ4v) is 4.69. The molecule has 0 aliphatic heterocycles. The van der Waals surface area contributed by atoms with Gasteiger partial charge in [0.05, 0.1) is 4.92 Å². The molecule has 2 heterocycles. The standard InChI is InChI=1S/C10H12N4O4S3/c1-6-4-19-5-7(6)3-12-21(17,18)9-2-8(14(15)16)10(13-11)20-9/h2,4-5,12-13H,3,11H2,1H3. The lowest BCUT2D eigenvalue weighted by molar-refractivity contribution is -0.383. The van der Waals surface area contributed by atoms with Gasteiger partial charge in [-0.1, -0.05) is 11.3 Å². The highest BCUT2D eigenvalue weighted by Crippen LogP contribution is 2.36. The van der Waals surface area contributed by atoms with E-state index in [-0.39, 0.29) is 21.4 Å². The molecule has 114 valence electrons. The highest BCUT2D eigenvalue weighted by atomic mass is 32.2. The van der Waals surface area contributed by atoms with Crippen LogP contribution in [0.25, 0.3) is 0 Å². The Labute approximate surface area is 128 Å². The molecule has 0 unspecified atom stereocenters. The molecule has 4 N–H and O–H groups in total. The highest BCUT2D eigenvalue weighted by Gasteiger charge is 2.25. The first-order chi connectivity index (χ1) is 9.85. The highest BCUT2D eigenvalue weighted by molar-refractivity contribution is 7.91. The number of thiophene rings is 2. The second-order valence-electron chi connectivity index (χ2n) is 4.09. The molecule has 0 atom stereocenters. The average Bonchev–Trinajstić information content (AvgIpc) is 3.02. The number of hydrogen-bond acceptors (Lipinski definition) is 8. The van der Waals surface area contributed by atoms with Crippen molar-refractivity contribution in [1.29, 1.82) is 0 Å². The first-order valence-corrected chi connectivity index (χ1v) is 8.85. The Morgan fingerprint density at radius 2 is 2.14 bits per heavy atom. The average molecular weight is 348 g/mol. The fraction of sp³-hybridized carbons (Fsp3) is 0.200. The van der Waals surface area contributed by atoms with E-state index in [9.17, 15) is 18.5 Å². The summed E-state index contributed by atoms with van der Waals surface area (Å²) in [6, 6.07) is 0.989. The molecule has 21 heavy (non-hydrogen) atoms. The lowest BCUT2D eigenvalue weighted by atomic mass is 10.2. The van der Waals surface area contributed by atoms with Gasteiger partial charge in [-0.3, -0.25) is 10.1 Å². The lowest BCUT2D eigenvalue weighted by Gasteiger charge is -2.03. The Hall–Kier alpha value is -1.53. The van der Waals surface area contributed by atoms with E-state index in [0.717, 1.165) is 17.2 Å². The predicted octanol–water partition coefficient (Wildman–Crippen LogP) is 1.79. The molecule has 0 aliphatic carbocycles.